The third kappa shape index (κ3) is 6.86. The van der Waals surface area contributed by atoms with E-state index >= 15 is 0 Å². The summed E-state index contributed by atoms with van der Waals surface area (Å²) in [4.78, 5) is 12.6. The molecule has 0 aliphatic carbocycles. The third-order valence-corrected chi connectivity index (χ3v) is 5.05. The topological polar surface area (TPSA) is 84.7 Å². The van der Waals surface area contributed by atoms with E-state index in [1.807, 2.05) is 0 Å². The fraction of sp³-hybridized carbons (Fsp3) is 0.0870. The molecule has 0 unspecified atom stereocenters. The molecule has 4 rings (SSSR count). The Bertz CT molecular complexity index is 1360. The van der Waals surface area contributed by atoms with E-state index < -0.39 is 12.2 Å². The average Bonchev–Trinajstić information content (AvgIpc) is 2.81. The van der Waals surface area contributed by atoms with Gasteiger partial charge >= 0.3 is 6.36 Å². The van der Waals surface area contributed by atoms with Crippen LogP contribution in [0, 0.1) is 5.82 Å². The maximum Gasteiger partial charge on any atom is 0.573 e. The number of benzene rings is 3. The second-order valence-corrected chi connectivity index (χ2v) is 7.95. The molecule has 7 nitrogen and oxygen atoms in total. The summed E-state index contributed by atoms with van der Waals surface area (Å²) < 4.78 is 55.3. The van der Waals surface area contributed by atoms with Gasteiger partial charge in [-0.1, -0.05) is 41.4 Å². The summed E-state index contributed by atoms with van der Waals surface area (Å²) in [6, 6.07) is 16.0. The summed E-state index contributed by atoms with van der Waals surface area (Å²) in [7, 11) is 0. The first-order valence-corrected chi connectivity index (χ1v) is 10.9. The van der Waals surface area contributed by atoms with Crippen molar-refractivity contribution in [1.29, 1.82) is 0 Å². The molecular weight excluding hydrogens is 523 g/mol. The summed E-state index contributed by atoms with van der Waals surface area (Å²) in [6.07, 6.45) is -4.78. The molecule has 0 saturated heterocycles. The lowest BCUT2D eigenvalue weighted by Gasteiger charge is -2.09. The SMILES string of the molecule is Fc1cccc(Cl)c1-c1nc(N=NCc2ccc(OC(F)(F)F)cc2)nc(Nc2ccc(Cl)cc2)n1. The van der Waals surface area contributed by atoms with Crippen molar-refractivity contribution in [2.45, 2.75) is 12.9 Å². The molecule has 36 heavy (non-hydrogen) atoms. The number of ether oxygens (including phenoxy) is 1. The number of alkyl halides is 3. The quantitative estimate of drug-likeness (QED) is 0.191. The highest BCUT2D eigenvalue weighted by molar-refractivity contribution is 6.33. The summed E-state index contributed by atoms with van der Waals surface area (Å²) in [5.41, 5.74) is 1.11. The zero-order valence-electron chi connectivity index (χ0n) is 18.0. The monoisotopic (exact) mass is 536 g/mol. The van der Waals surface area contributed by atoms with Gasteiger partial charge in [-0.15, -0.1) is 18.3 Å². The Hall–Kier alpha value is -3.83. The van der Waals surface area contributed by atoms with Crippen molar-refractivity contribution < 1.29 is 22.3 Å². The van der Waals surface area contributed by atoms with Gasteiger partial charge in [0, 0.05) is 10.7 Å². The van der Waals surface area contributed by atoms with Crippen molar-refractivity contribution in [3.8, 4) is 17.1 Å². The molecule has 0 saturated carbocycles. The minimum Gasteiger partial charge on any atom is -0.406 e. The molecule has 0 radical (unpaired) electrons. The van der Waals surface area contributed by atoms with E-state index in [0.29, 0.717) is 16.3 Å². The van der Waals surface area contributed by atoms with Gasteiger partial charge in [0.2, 0.25) is 5.95 Å². The van der Waals surface area contributed by atoms with Gasteiger partial charge in [-0.3, -0.25) is 0 Å². The number of halogens is 6. The second-order valence-electron chi connectivity index (χ2n) is 7.10. The van der Waals surface area contributed by atoms with Gasteiger partial charge in [0.25, 0.3) is 5.95 Å². The first kappa shape index (κ1) is 25.3. The van der Waals surface area contributed by atoms with Crippen molar-refractivity contribution in [3.63, 3.8) is 0 Å². The molecular formula is C23H14Cl2F4N6O. The number of azo groups is 1. The maximum atomic E-state index is 14.5. The smallest absolute Gasteiger partial charge is 0.406 e. The Morgan fingerprint density at radius 1 is 0.889 bits per heavy atom. The highest BCUT2D eigenvalue weighted by atomic mass is 35.5. The van der Waals surface area contributed by atoms with Gasteiger partial charge in [-0.2, -0.15) is 20.1 Å². The van der Waals surface area contributed by atoms with Crippen LogP contribution in [0.5, 0.6) is 5.75 Å². The van der Waals surface area contributed by atoms with E-state index in [0.717, 1.165) is 12.1 Å². The third-order valence-electron chi connectivity index (χ3n) is 4.48. The molecule has 1 N–H and O–H groups in total. The number of nitrogens with one attached hydrogen (secondary N) is 1. The van der Waals surface area contributed by atoms with Gasteiger partial charge in [0.05, 0.1) is 17.1 Å². The molecule has 1 aromatic heterocycles. The van der Waals surface area contributed by atoms with Gasteiger partial charge in [-0.25, -0.2) is 4.39 Å². The molecule has 0 bridgehead atoms. The lowest BCUT2D eigenvalue weighted by Crippen LogP contribution is -2.16. The van der Waals surface area contributed by atoms with E-state index in [9.17, 15) is 17.6 Å². The van der Waals surface area contributed by atoms with Crippen LogP contribution in [0.4, 0.5) is 35.1 Å². The summed E-state index contributed by atoms with van der Waals surface area (Å²) >= 11 is 12.1. The van der Waals surface area contributed by atoms with Gasteiger partial charge < -0.3 is 10.1 Å². The highest BCUT2D eigenvalue weighted by Gasteiger charge is 2.30. The van der Waals surface area contributed by atoms with Crippen molar-refractivity contribution in [1.82, 2.24) is 15.0 Å². The van der Waals surface area contributed by atoms with Crippen LogP contribution < -0.4 is 10.1 Å². The molecule has 0 amide bonds. The Kier molecular flexibility index (Phi) is 7.61. The Morgan fingerprint density at radius 3 is 2.28 bits per heavy atom. The van der Waals surface area contributed by atoms with Gasteiger partial charge in [-0.05, 0) is 54.1 Å². The molecule has 1 heterocycles. The average molecular weight is 537 g/mol. The van der Waals surface area contributed by atoms with Crippen molar-refractivity contribution in [2.24, 2.45) is 10.2 Å². The van der Waals surface area contributed by atoms with E-state index in [4.69, 9.17) is 23.2 Å². The second kappa shape index (κ2) is 10.8. The lowest BCUT2D eigenvalue weighted by molar-refractivity contribution is -0.274. The largest absolute Gasteiger partial charge is 0.573 e. The Morgan fingerprint density at radius 2 is 1.61 bits per heavy atom. The number of hydrogen-bond acceptors (Lipinski definition) is 7. The summed E-state index contributed by atoms with van der Waals surface area (Å²) in [6.45, 7) is 0.00765. The van der Waals surface area contributed by atoms with E-state index in [-0.39, 0.29) is 40.6 Å². The predicted octanol–water partition coefficient (Wildman–Crippen LogP) is 7.91. The number of aromatic nitrogens is 3. The Labute approximate surface area is 211 Å². The minimum absolute atomic E-state index is 0.00765. The van der Waals surface area contributed by atoms with Crippen LogP contribution in [-0.2, 0) is 6.54 Å². The zero-order valence-corrected chi connectivity index (χ0v) is 19.5. The molecule has 3 aromatic carbocycles. The fourth-order valence-electron chi connectivity index (χ4n) is 2.93. The van der Waals surface area contributed by atoms with Crippen LogP contribution in [0.3, 0.4) is 0 Å². The van der Waals surface area contributed by atoms with Gasteiger partial charge in [0.15, 0.2) is 5.82 Å². The maximum absolute atomic E-state index is 14.5. The predicted molar refractivity (Wildman–Crippen MR) is 126 cm³/mol. The number of anilines is 2. The molecule has 4 aromatic rings. The van der Waals surface area contributed by atoms with Crippen molar-refractivity contribution >= 4 is 40.8 Å². The van der Waals surface area contributed by atoms with Crippen LogP contribution in [0.25, 0.3) is 11.4 Å². The fourth-order valence-corrected chi connectivity index (χ4v) is 3.30. The highest BCUT2D eigenvalue weighted by Crippen LogP contribution is 2.30. The van der Waals surface area contributed by atoms with Crippen LogP contribution >= 0.6 is 23.2 Å². The molecule has 13 heteroatoms. The molecule has 0 spiro atoms. The standard InChI is InChI=1S/C23H14Cl2F4N6O/c24-14-6-8-15(9-7-14)31-21-32-20(19-17(25)2-1-3-18(19)26)33-22(34-21)35-30-12-13-4-10-16(11-5-13)36-23(27,28)29/h1-11H,12H2,(H,31,32,33,34). The van der Waals surface area contributed by atoms with Crippen LogP contribution in [-0.4, -0.2) is 21.3 Å². The number of rotatable bonds is 7. The number of hydrogen-bond donors (Lipinski definition) is 1. The molecule has 0 fully saturated rings. The molecule has 0 atom stereocenters. The van der Waals surface area contributed by atoms with E-state index in [1.54, 1.807) is 24.3 Å². The molecule has 184 valence electrons. The lowest BCUT2D eigenvalue weighted by atomic mass is 10.2. The zero-order chi connectivity index (χ0) is 25.7. The van der Waals surface area contributed by atoms with Gasteiger partial charge in [0.1, 0.15) is 11.6 Å². The Balaban J connectivity index is 1.60. The minimum atomic E-state index is -4.78. The van der Waals surface area contributed by atoms with Crippen molar-refractivity contribution in [3.05, 3.63) is 88.2 Å². The summed E-state index contributed by atoms with van der Waals surface area (Å²) in [5.74, 6) is -1.18. The van der Waals surface area contributed by atoms with Crippen LogP contribution in [0.1, 0.15) is 5.56 Å². The van der Waals surface area contributed by atoms with Crippen molar-refractivity contribution in [2.75, 3.05) is 5.32 Å². The van der Waals surface area contributed by atoms with Crippen LogP contribution in [0.2, 0.25) is 10.0 Å². The van der Waals surface area contributed by atoms with Crippen LogP contribution in [0.15, 0.2) is 77.0 Å². The first-order chi connectivity index (χ1) is 17.2. The normalized spacial score (nSPS) is 11.6. The molecule has 0 aliphatic rings. The van der Waals surface area contributed by atoms with E-state index in [1.165, 1.54) is 30.3 Å². The molecule has 0 aliphatic heterocycles. The summed E-state index contributed by atoms with van der Waals surface area (Å²) in [5, 5.41) is 11.5. The first-order valence-electron chi connectivity index (χ1n) is 10.1. The van der Waals surface area contributed by atoms with E-state index in [2.05, 4.69) is 35.2 Å². The number of nitrogens with zero attached hydrogens (tertiary/aromatic N) is 5.